The lowest BCUT2D eigenvalue weighted by molar-refractivity contribution is 0.0697. The standard InChI is InChI=1S/C12H18ClNO/c1-4-12(3,15)8-14-11-6-5-9(2)7-10(11)13/h5-7,14-15H,4,8H2,1-3H3. The summed E-state index contributed by atoms with van der Waals surface area (Å²) in [5, 5.41) is 13.7. The van der Waals surface area contributed by atoms with Crippen LogP contribution >= 0.6 is 11.6 Å². The fraction of sp³-hybridized carbons (Fsp3) is 0.500. The molecule has 0 saturated carbocycles. The van der Waals surface area contributed by atoms with Gasteiger partial charge in [0.1, 0.15) is 0 Å². The van der Waals surface area contributed by atoms with Crippen molar-refractivity contribution in [2.75, 3.05) is 11.9 Å². The van der Waals surface area contributed by atoms with Gasteiger partial charge in [-0.1, -0.05) is 24.6 Å². The highest BCUT2D eigenvalue weighted by atomic mass is 35.5. The zero-order chi connectivity index (χ0) is 11.5. The highest BCUT2D eigenvalue weighted by Gasteiger charge is 2.17. The summed E-state index contributed by atoms with van der Waals surface area (Å²) in [6, 6.07) is 5.84. The van der Waals surface area contributed by atoms with E-state index in [1.807, 2.05) is 39.0 Å². The number of anilines is 1. The molecule has 3 heteroatoms. The van der Waals surface area contributed by atoms with Gasteiger partial charge in [0.15, 0.2) is 0 Å². The highest BCUT2D eigenvalue weighted by molar-refractivity contribution is 6.33. The topological polar surface area (TPSA) is 32.3 Å². The Morgan fingerprint density at radius 2 is 2.13 bits per heavy atom. The van der Waals surface area contributed by atoms with Crippen LogP contribution in [0.4, 0.5) is 5.69 Å². The number of rotatable bonds is 4. The van der Waals surface area contributed by atoms with Crippen molar-refractivity contribution in [1.29, 1.82) is 0 Å². The predicted molar refractivity (Wildman–Crippen MR) is 65.6 cm³/mol. The molecule has 0 aliphatic carbocycles. The number of aryl methyl sites for hydroxylation is 1. The third kappa shape index (κ3) is 3.73. The second kappa shape index (κ2) is 4.86. The van der Waals surface area contributed by atoms with E-state index < -0.39 is 5.60 Å². The van der Waals surface area contributed by atoms with Crippen molar-refractivity contribution < 1.29 is 5.11 Å². The lowest BCUT2D eigenvalue weighted by atomic mass is 10.0. The third-order valence-corrected chi connectivity index (χ3v) is 2.86. The fourth-order valence-electron chi connectivity index (χ4n) is 1.17. The summed E-state index contributed by atoms with van der Waals surface area (Å²) in [6.07, 6.45) is 0.712. The molecule has 1 aromatic rings. The molecule has 0 spiro atoms. The summed E-state index contributed by atoms with van der Waals surface area (Å²) in [4.78, 5) is 0. The Bertz CT molecular complexity index is 336. The van der Waals surface area contributed by atoms with Crippen LogP contribution in [0.2, 0.25) is 5.02 Å². The maximum Gasteiger partial charge on any atom is 0.0788 e. The van der Waals surface area contributed by atoms with E-state index in [2.05, 4.69) is 5.32 Å². The molecular formula is C12H18ClNO. The molecule has 0 aromatic heterocycles. The van der Waals surface area contributed by atoms with Crippen molar-refractivity contribution in [3.8, 4) is 0 Å². The van der Waals surface area contributed by atoms with Gasteiger partial charge < -0.3 is 10.4 Å². The molecule has 1 atom stereocenters. The SMILES string of the molecule is CCC(C)(O)CNc1ccc(C)cc1Cl. The first-order valence-electron chi connectivity index (χ1n) is 5.17. The number of benzene rings is 1. The molecule has 0 aliphatic rings. The van der Waals surface area contributed by atoms with Crippen LogP contribution in [0, 0.1) is 6.92 Å². The van der Waals surface area contributed by atoms with Crippen molar-refractivity contribution in [2.45, 2.75) is 32.8 Å². The molecule has 1 rings (SSSR count). The van der Waals surface area contributed by atoms with E-state index >= 15 is 0 Å². The Morgan fingerprint density at radius 1 is 1.47 bits per heavy atom. The molecule has 0 saturated heterocycles. The van der Waals surface area contributed by atoms with Gasteiger partial charge in [0.05, 0.1) is 16.3 Å². The first kappa shape index (κ1) is 12.3. The molecule has 0 radical (unpaired) electrons. The normalized spacial score (nSPS) is 14.7. The summed E-state index contributed by atoms with van der Waals surface area (Å²) < 4.78 is 0. The van der Waals surface area contributed by atoms with Crippen molar-refractivity contribution >= 4 is 17.3 Å². The van der Waals surface area contributed by atoms with Crippen LogP contribution in [0.25, 0.3) is 0 Å². The van der Waals surface area contributed by atoms with Crippen LogP contribution in [0.3, 0.4) is 0 Å². The largest absolute Gasteiger partial charge is 0.388 e. The molecule has 0 amide bonds. The second-order valence-corrected chi connectivity index (χ2v) is 4.59. The maximum absolute atomic E-state index is 9.82. The van der Waals surface area contributed by atoms with Gasteiger partial charge in [0.2, 0.25) is 0 Å². The van der Waals surface area contributed by atoms with E-state index in [9.17, 15) is 5.11 Å². The van der Waals surface area contributed by atoms with Gasteiger partial charge in [-0.15, -0.1) is 0 Å². The van der Waals surface area contributed by atoms with Gasteiger partial charge in [0.25, 0.3) is 0 Å². The highest BCUT2D eigenvalue weighted by Crippen LogP contribution is 2.23. The molecule has 0 aliphatic heterocycles. The molecule has 15 heavy (non-hydrogen) atoms. The Kier molecular flexibility index (Phi) is 4.00. The summed E-state index contributed by atoms with van der Waals surface area (Å²) in [6.45, 7) is 6.27. The van der Waals surface area contributed by atoms with Gasteiger partial charge >= 0.3 is 0 Å². The van der Waals surface area contributed by atoms with E-state index in [0.29, 0.717) is 18.0 Å². The fourth-order valence-corrected chi connectivity index (χ4v) is 1.48. The zero-order valence-electron chi connectivity index (χ0n) is 9.47. The molecule has 84 valence electrons. The molecular weight excluding hydrogens is 210 g/mol. The molecule has 0 heterocycles. The molecule has 2 nitrogen and oxygen atoms in total. The van der Waals surface area contributed by atoms with Crippen molar-refractivity contribution in [2.24, 2.45) is 0 Å². The van der Waals surface area contributed by atoms with E-state index in [-0.39, 0.29) is 0 Å². The van der Waals surface area contributed by atoms with Crippen LogP contribution in [0.1, 0.15) is 25.8 Å². The number of halogens is 1. The van der Waals surface area contributed by atoms with Crippen LogP contribution in [0.5, 0.6) is 0 Å². The van der Waals surface area contributed by atoms with Gasteiger partial charge in [-0.25, -0.2) is 0 Å². The summed E-state index contributed by atoms with van der Waals surface area (Å²) in [5.74, 6) is 0. The molecule has 0 fully saturated rings. The minimum Gasteiger partial charge on any atom is -0.388 e. The lowest BCUT2D eigenvalue weighted by Crippen LogP contribution is -2.32. The van der Waals surface area contributed by atoms with E-state index in [0.717, 1.165) is 11.3 Å². The molecule has 0 bridgehead atoms. The molecule has 1 unspecified atom stereocenters. The van der Waals surface area contributed by atoms with Crippen molar-refractivity contribution in [1.82, 2.24) is 0 Å². The molecule has 2 N–H and O–H groups in total. The van der Waals surface area contributed by atoms with Gasteiger partial charge in [0, 0.05) is 6.54 Å². The summed E-state index contributed by atoms with van der Waals surface area (Å²) in [7, 11) is 0. The zero-order valence-corrected chi connectivity index (χ0v) is 10.2. The number of nitrogens with one attached hydrogen (secondary N) is 1. The first-order chi connectivity index (χ1) is 6.94. The van der Waals surface area contributed by atoms with E-state index in [1.54, 1.807) is 0 Å². The average Bonchev–Trinajstić information content (AvgIpc) is 2.16. The summed E-state index contributed by atoms with van der Waals surface area (Å²) >= 11 is 6.06. The first-order valence-corrected chi connectivity index (χ1v) is 5.55. The van der Waals surface area contributed by atoms with Crippen LogP contribution in [0.15, 0.2) is 18.2 Å². The molecule has 1 aromatic carbocycles. The minimum absolute atomic E-state index is 0.506. The van der Waals surface area contributed by atoms with Crippen LogP contribution < -0.4 is 5.32 Å². The van der Waals surface area contributed by atoms with Gasteiger partial charge in [-0.2, -0.15) is 0 Å². The van der Waals surface area contributed by atoms with Crippen LogP contribution in [-0.2, 0) is 0 Å². The second-order valence-electron chi connectivity index (χ2n) is 4.19. The quantitative estimate of drug-likeness (QED) is 0.828. The maximum atomic E-state index is 9.82. The Hall–Kier alpha value is -0.730. The smallest absolute Gasteiger partial charge is 0.0788 e. The van der Waals surface area contributed by atoms with E-state index in [1.165, 1.54) is 0 Å². The van der Waals surface area contributed by atoms with Crippen LogP contribution in [-0.4, -0.2) is 17.3 Å². The Morgan fingerprint density at radius 3 is 2.67 bits per heavy atom. The Balaban J connectivity index is 2.66. The number of hydrogen-bond acceptors (Lipinski definition) is 2. The summed E-state index contributed by atoms with van der Waals surface area (Å²) in [5.41, 5.74) is 1.32. The number of hydrogen-bond donors (Lipinski definition) is 2. The lowest BCUT2D eigenvalue weighted by Gasteiger charge is -2.22. The number of aliphatic hydroxyl groups is 1. The third-order valence-electron chi connectivity index (χ3n) is 2.55. The average molecular weight is 228 g/mol. The Labute approximate surface area is 96.3 Å². The minimum atomic E-state index is -0.686. The predicted octanol–water partition coefficient (Wildman–Crippen LogP) is 3.22. The van der Waals surface area contributed by atoms with Crippen molar-refractivity contribution in [3.63, 3.8) is 0 Å². The van der Waals surface area contributed by atoms with E-state index in [4.69, 9.17) is 11.6 Å². The monoisotopic (exact) mass is 227 g/mol. The van der Waals surface area contributed by atoms with Gasteiger partial charge in [-0.3, -0.25) is 0 Å². The van der Waals surface area contributed by atoms with Gasteiger partial charge in [-0.05, 0) is 38.0 Å². The van der Waals surface area contributed by atoms with Crippen molar-refractivity contribution in [3.05, 3.63) is 28.8 Å².